The largest absolute Gasteiger partial charge is 0.310 e. The zero-order valence-electron chi connectivity index (χ0n) is 10.4. The maximum Gasteiger partial charge on any atom is 0.147 e. The first-order chi connectivity index (χ1) is 8.03. The van der Waals surface area contributed by atoms with Crippen molar-refractivity contribution in [2.45, 2.75) is 32.9 Å². The van der Waals surface area contributed by atoms with Gasteiger partial charge in [-0.15, -0.1) is 0 Å². The molecular weight excluding hydrogens is 240 g/mol. The lowest BCUT2D eigenvalue weighted by Crippen LogP contribution is -2.19. The summed E-state index contributed by atoms with van der Waals surface area (Å²) in [6, 6.07) is 0. The predicted octanol–water partition coefficient (Wildman–Crippen LogP) is 0.212. The van der Waals surface area contributed by atoms with Gasteiger partial charge in [-0.05, 0) is 19.4 Å². The van der Waals surface area contributed by atoms with Crippen molar-refractivity contribution in [2.24, 2.45) is 0 Å². The summed E-state index contributed by atoms with van der Waals surface area (Å²) in [6.07, 6.45) is 4.40. The van der Waals surface area contributed by atoms with Crippen LogP contribution in [0.25, 0.3) is 0 Å². The first-order valence-corrected chi connectivity index (χ1v) is 7.84. The molecule has 0 atom stereocenters. The molecule has 1 heterocycles. The lowest BCUT2D eigenvalue weighted by atomic mass is 10.4. The second-order valence-corrected chi connectivity index (χ2v) is 6.32. The molecule has 0 radical (unpaired) electrons. The third-order valence-electron chi connectivity index (χ3n) is 2.29. The van der Waals surface area contributed by atoms with Crippen molar-refractivity contribution in [3.05, 3.63) is 12.2 Å². The molecule has 0 saturated heterocycles. The molecule has 6 nitrogen and oxygen atoms in total. The fourth-order valence-electron chi connectivity index (χ4n) is 1.47. The van der Waals surface area contributed by atoms with Gasteiger partial charge in [-0.25, -0.2) is 18.1 Å². The molecule has 1 aromatic rings. The molecule has 0 spiro atoms. The fraction of sp³-hybridized carbons (Fsp3) is 0.800. The third kappa shape index (κ3) is 5.78. The Balaban J connectivity index is 2.40. The topological polar surface area (TPSA) is 76.9 Å². The molecule has 0 aromatic carbocycles. The van der Waals surface area contributed by atoms with Gasteiger partial charge in [0.2, 0.25) is 0 Å². The van der Waals surface area contributed by atoms with Gasteiger partial charge in [0.1, 0.15) is 22.0 Å². The summed E-state index contributed by atoms with van der Waals surface area (Å²) in [5.41, 5.74) is 0. The van der Waals surface area contributed by atoms with E-state index in [9.17, 15) is 8.42 Å². The number of aryl methyl sites for hydroxylation is 1. The van der Waals surface area contributed by atoms with Gasteiger partial charge in [0.05, 0.1) is 12.3 Å². The Kier molecular flexibility index (Phi) is 5.57. The molecule has 1 rings (SSSR count). The normalized spacial score (nSPS) is 11.9. The molecule has 0 saturated carbocycles. The van der Waals surface area contributed by atoms with Gasteiger partial charge in [-0.1, -0.05) is 6.92 Å². The van der Waals surface area contributed by atoms with Crippen LogP contribution in [0, 0.1) is 0 Å². The van der Waals surface area contributed by atoms with Gasteiger partial charge < -0.3 is 5.32 Å². The Bertz CT molecular complexity index is 427. The molecule has 0 amide bonds. The molecule has 1 aromatic heterocycles. The van der Waals surface area contributed by atoms with E-state index >= 15 is 0 Å². The van der Waals surface area contributed by atoms with Crippen LogP contribution in [0.4, 0.5) is 0 Å². The highest BCUT2D eigenvalue weighted by Gasteiger charge is 2.06. The van der Waals surface area contributed by atoms with Crippen molar-refractivity contribution in [1.82, 2.24) is 20.1 Å². The minimum atomic E-state index is -2.89. The summed E-state index contributed by atoms with van der Waals surface area (Å²) in [4.78, 5) is 4.14. The molecule has 7 heteroatoms. The quantitative estimate of drug-likeness (QED) is 0.676. The van der Waals surface area contributed by atoms with Crippen LogP contribution in [0.2, 0.25) is 0 Å². The number of nitrogens with zero attached hydrogens (tertiary/aromatic N) is 3. The molecule has 98 valence electrons. The zero-order valence-corrected chi connectivity index (χ0v) is 11.2. The average Bonchev–Trinajstić information content (AvgIpc) is 2.64. The van der Waals surface area contributed by atoms with Gasteiger partial charge >= 0.3 is 0 Å². The van der Waals surface area contributed by atoms with E-state index in [1.54, 1.807) is 4.68 Å². The van der Waals surface area contributed by atoms with Crippen LogP contribution in [0.5, 0.6) is 0 Å². The van der Waals surface area contributed by atoms with E-state index in [1.807, 2.05) is 0 Å². The van der Waals surface area contributed by atoms with Crippen LogP contribution in [-0.2, 0) is 22.9 Å². The molecule has 0 unspecified atom stereocenters. The second-order valence-electron chi connectivity index (χ2n) is 4.06. The summed E-state index contributed by atoms with van der Waals surface area (Å²) in [7, 11) is -2.89. The van der Waals surface area contributed by atoms with Gasteiger partial charge in [0.15, 0.2) is 0 Å². The molecule has 1 N–H and O–H groups in total. The van der Waals surface area contributed by atoms with Crippen LogP contribution < -0.4 is 5.32 Å². The van der Waals surface area contributed by atoms with Gasteiger partial charge in [-0.2, -0.15) is 5.10 Å². The summed E-state index contributed by atoms with van der Waals surface area (Å²) in [5, 5.41) is 7.33. The number of aromatic nitrogens is 3. The van der Waals surface area contributed by atoms with E-state index in [-0.39, 0.29) is 5.75 Å². The van der Waals surface area contributed by atoms with Crippen molar-refractivity contribution in [3.8, 4) is 0 Å². The van der Waals surface area contributed by atoms with Gasteiger partial charge in [0.25, 0.3) is 0 Å². The van der Waals surface area contributed by atoms with Crippen LogP contribution in [-0.4, -0.2) is 41.7 Å². The number of sulfone groups is 1. The van der Waals surface area contributed by atoms with Crippen LogP contribution in [0.15, 0.2) is 6.33 Å². The maximum absolute atomic E-state index is 11.0. The van der Waals surface area contributed by atoms with E-state index in [4.69, 9.17) is 0 Å². The van der Waals surface area contributed by atoms with Crippen LogP contribution >= 0.6 is 0 Å². The van der Waals surface area contributed by atoms with Crippen molar-refractivity contribution in [2.75, 3.05) is 18.6 Å². The first kappa shape index (κ1) is 14.1. The van der Waals surface area contributed by atoms with E-state index in [2.05, 4.69) is 22.3 Å². The lowest BCUT2D eigenvalue weighted by Gasteiger charge is -2.06. The van der Waals surface area contributed by atoms with Crippen molar-refractivity contribution in [3.63, 3.8) is 0 Å². The minimum Gasteiger partial charge on any atom is -0.310 e. The highest BCUT2D eigenvalue weighted by atomic mass is 32.2. The van der Waals surface area contributed by atoms with E-state index in [0.29, 0.717) is 19.5 Å². The summed E-state index contributed by atoms with van der Waals surface area (Å²) in [5.74, 6) is 1.04. The third-order valence-corrected chi connectivity index (χ3v) is 3.32. The molecule has 0 bridgehead atoms. The van der Waals surface area contributed by atoms with Gasteiger partial charge in [0, 0.05) is 12.8 Å². The standard InChI is InChI=1S/C10H20N4O2S/c1-3-5-11-8-10-12-9-13-14(10)6-4-7-17(2,15)16/h9,11H,3-8H2,1-2H3. The Hall–Kier alpha value is -0.950. The molecule has 0 fully saturated rings. The molecule has 17 heavy (non-hydrogen) atoms. The SMILES string of the molecule is CCCNCc1ncnn1CCCS(C)(=O)=O. The van der Waals surface area contributed by atoms with Crippen molar-refractivity contribution >= 4 is 9.84 Å². The fourth-order valence-corrected chi connectivity index (χ4v) is 2.12. The molecule has 0 aliphatic carbocycles. The summed E-state index contributed by atoms with van der Waals surface area (Å²) in [6.45, 7) is 4.31. The smallest absolute Gasteiger partial charge is 0.147 e. The van der Waals surface area contributed by atoms with Crippen LogP contribution in [0.1, 0.15) is 25.6 Å². The summed E-state index contributed by atoms with van der Waals surface area (Å²) < 4.78 is 23.8. The second kappa shape index (κ2) is 6.70. The predicted molar refractivity (Wildman–Crippen MR) is 66.3 cm³/mol. The Morgan fingerprint density at radius 2 is 2.24 bits per heavy atom. The highest BCUT2D eigenvalue weighted by Crippen LogP contribution is 1.98. The van der Waals surface area contributed by atoms with E-state index < -0.39 is 9.84 Å². The Morgan fingerprint density at radius 3 is 2.88 bits per heavy atom. The lowest BCUT2D eigenvalue weighted by molar-refractivity contribution is 0.537. The van der Waals surface area contributed by atoms with Crippen LogP contribution in [0.3, 0.4) is 0 Å². The maximum atomic E-state index is 11.0. The number of rotatable bonds is 8. The molecule has 0 aliphatic heterocycles. The Morgan fingerprint density at radius 1 is 1.47 bits per heavy atom. The monoisotopic (exact) mass is 260 g/mol. The molecule has 0 aliphatic rings. The molecular formula is C10H20N4O2S. The van der Waals surface area contributed by atoms with Crippen molar-refractivity contribution in [1.29, 1.82) is 0 Å². The van der Waals surface area contributed by atoms with Gasteiger partial charge in [-0.3, -0.25) is 0 Å². The number of hydrogen-bond acceptors (Lipinski definition) is 5. The first-order valence-electron chi connectivity index (χ1n) is 5.78. The zero-order chi connectivity index (χ0) is 12.7. The highest BCUT2D eigenvalue weighted by molar-refractivity contribution is 7.90. The van der Waals surface area contributed by atoms with E-state index in [0.717, 1.165) is 18.8 Å². The minimum absolute atomic E-state index is 0.189. The number of hydrogen-bond donors (Lipinski definition) is 1. The summed E-state index contributed by atoms with van der Waals surface area (Å²) >= 11 is 0. The number of nitrogens with one attached hydrogen (secondary N) is 1. The van der Waals surface area contributed by atoms with Crippen molar-refractivity contribution < 1.29 is 8.42 Å². The van der Waals surface area contributed by atoms with E-state index in [1.165, 1.54) is 12.6 Å². The average molecular weight is 260 g/mol. The Labute approximate surface area is 102 Å².